The van der Waals surface area contributed by atoms with Gasteiger partial charge in [-0.15, -0.1) is 0 Å². The number of rotatable bonds is 6. The van der Waals surface area contributed by atoms with E-state index in [1.807, 2.05) is 0 Å². The number of benzene rings is 1. The number of hydrogen-bond acceptors (Lipinski definition) is 5. The number of sulfonamides is 1. The summed E-state index contributed by atoms with van der Waals surface area (Å²) in [7, 11) is -2.42. The summed E-state index contributed by atoms with van der Waals surface area (Å²) >= 11 is 0. The van der Waals surface area contributed by atoms with E-state index >= 15 is 0 Å². The maximum atomic E-state index is 11.8. The van der Waals surface area contributed by atoms with Gasteiger partial charge >= 0.3 is 5.97 Å². The molecule has 0 saturated carbocycles. The predicted octanol–water partition coefficient (Wildman–Crippen LogP) is 0.725. The Bertz CT molecular complexity index is 643. The Morgan fingerprint density at radius 3 is 2.86 bits per heavy atom. The number of carbonyl (C=O) groups is 1. The third-order valence-electron chi connectivity index (χ3n) is 2.41. The number of nitrogens with one attached hydrogen (secondary N) is 1. The van der Waals surface area contributed by atoms with Gasteiger partial charge in [0.25, 0.3) is 0 Å². The Kier molecular flexibility index (Phi) is 6.72. The number of methoxy groups -OCH3 is 1. The van der Waals surface area contributed by atoms with E-state index in [-0.39, 0.29) is 18.8 Å². The summed E-state index contributed by atoms with van der Waals surface area (Å²) < 4.78 is 30.4. The Morgan fingerprint density at radius 1 is 1.43 bits per heavy atom. The molecule has 0 amide bonds. The van der Waals surface area contributed by atoms with Gasteiger partial charge in [0.1, 0.15) is 0 Å². The lowest BCUT2D eigenvalue weighted by Crippen LogP contribution is -2.19. The van der Waals surface area contributed by atoms with Gasteiger partial charge in [-0.3, -0.25) is 9.52 Å². The highest BCUT2D eigenvalue weighted by Gasteiger charge is 2.13. The standard InChI is InChI=1S/C14H17NO5S/c1-20-14(17)8-10-21(18,19)15-13-7-4-6-12(11-13)5-2-3-9-16/h4,6-7,11,15-16H,3,8-10H2,1H3. The molecule has 0 unspecified atom stereocenters. The fourth-order valence-electron chi connectivity index (χ4n) is 1.43. The van der Waals surface area contributed by atoms with Gasteiger partial charge in [-0.2, -0.15) is 0 Å². The fourth-order valence-corrected chi connectivity index (χ4v) is 2.45. The van der Waals surface area contributed by atoms with Crippen molar-refractivity contribution in [3.05, 3.63) is 29.8 Å². The number of anilines is 1. The lowest BCUT2D eigenvalue weighted by atomic mass is 10.2. The first kappa shape index (κ1) is 17.0. The third-order valence-corrected chi connectivity index (χ3v) is 3.70. The molecule has 0 spiro atoms. The number of ether oxygens (including phenoxy) is 1. The molecule has 0 fully saturated rings. The summed E-state index contributed by atoms with van der Waals surface area (Å²) in [6.45, 7) is -0.0210. The zero-order chi connectivity index (χ0) is 15.7. The van der Waals surface area contributed by atoms with Crippen LogP contribution in [-0.2, 0) is 19.6 Å². The summed E-state index contributed by atoms with van der Waals surface area (Å²) in [6, 6.07) is 6.57. The molecule has 0 aliphatic carbocycles. The van der Waals surface area contributed by atoms with Crippen molar-refractivity contribution < 1.29 is 23.1 Å². The minimum atomic E-state index is -3.62. The molecule has 0 aliphatic heterocycles. The van der Waals surface area contributed by atoms with E-state index < -0.39 is 16.0 Å². The Hall–Kier alpha value is -2.04. The molecular formula is C14H17NO5S. The zero-order valence-corrected chi connectivity index (χ0v) is 12.4. The molecule has 7 heteroatoms. The van der Waals surface area contributed by atoms with E-state index in [0.717, 1.165) is 0 Å². The van der Waals surface area contributed by atoms with E-state index in [2.05, 4.69) is 21.3 Å². The van der Waals surface area contributed by atoms with Gasteiger partial charge in [0.05, 0.1) is 25.9 Å². The molecule has 0 aromatic heterocycles. The van der Waals surface area contributed by atoms with E-state index in [0.29, 0.717) is 17.7 Å². The molecular weight excluding hydrogens is 294 g/mol. The van der Waals surface area contributed by atoms with Crippen molar-refractivity contribution >= 4 is 21.7 Å². The van der Waals surface area contributed by atoms with Gasteiger partial charge in [0, 0.05) is 17.7 Å². The first-order chi connectivity index (χ1) is 9.96. The van der Waals surface area contributed by atoms with Gasteiger partial charge in [0.2, 0.25) is 10.0 Å². The van der Waals surface area contributed by atoms with Crippen LogP contribution in [0.1, 0.15) is 18.4 Å². The summed E-state index contributed by atoms with van der Waals surface area (Å²) in [5.74, 6) is 4.64. The number of esters is 1. The largest absolute Gasteiger partial charge is 0.469 e. The van der Waals surface area contributed by atoms with Crippen molar-refractivity contribution in [3.63, 3.8) is 0 Å². The molecule has 6 nitrogen and oxygen atoms in total. The molecule has 114 valence electrons. The summed E-state index contributed by atoms with van der Waals surface area (Å²) in [6.07, 6.45) is 0.150. The van der Waals surface area contributed by atoms with Crippen molar-refractivity contribution in [2.24, 2.45) is 0 Å². The fraction of sp³-hybridized carbons (Fsp3) is 0.357. The number of hydrogen-bond donors (Lipinski definition) is 2. The summed E-state index contributed by atoms with van der Waals surface area (Å²) in [4.78, 5) is 11.0. The van der Waals surface area contributed by atoms with Crippen LogP contribution in [0.2, 0.25) is 0 Å². The SMILES string of the molecule is COC(=O)CCS(=O)(=O)Nc1cccc(C#CCCO)c1. The quantitative estimate of drug-likeness (QED) is 0.597. The lowest BCUT2D eigenvalue weighted by Gasteiger charge is -2.07. The van der Waals surface area contributed by atoms with Crippen LogP contribution in [-0.4, -0.2) is 39.0 Å². The van der Waals surface area contributed by atoms with Gasteiger partial charge in [-0.05, 0) is 18.2 Å². The maximum absolute atomic E-state index is 11.8. The highest BCUT2D eigenvalue weighted by Crippen LogP contribution is 2.12. The highest BCUT2D eigenvalue weighted by atomic mass is 32.2. The second-order valence-corrected chi connectivity index (χ2v) is 5.95. The van der Waals surface area contributed by atoms with E-state index in [9.17, 15) is 13.2 Å². The predicted molar refractivity (Wildman–Crippen MR) is 79.1 cm³/mol. The number of aliphatic hydroxyl groups is 1. The van der Waals surface area contributed by atoms with Crippen molar-refractivity contribution in [1.29, 1.82) is 0 Å². The second-order valence-electron chi connectivity index (χ2n) is 4.10. The van der Waals surface area contributed by atoms with Crippen LogP contribution in [0.3, 0.4) is 0 Å². The minimum Gasteiger partial charge on any atom is -0.469 e. The zero-order valence-electron chi connectivity index (χ0n) is 11.6. The van der Waals surface area contributed by atoms with Gasteiger partial charge in [-0.25, -0.2) is 8.42 Å². The smallest absolute Gasteiger partial charge is 0.306 e. The topological polar surface area (TPSA) is 92.7 Å². The number of aliphatic hydroxyl groups excluding tert-OH is 1. The van der Waals surface area contributed by atoms with Gasteiger partial charge in [-0.1, -0.05) is 17.9 Å². The van der Waals surface area contributed by atoms with Crippen molar-refractivity contribution in [2.45, 2.75) is 12.8 Å². The van der Waals surface area contributed by atoms with E-state index in [4.69, 9.17) is 5.11 Å². The molecule has 0 aliphatic rings. The Morgan fingerprint density at radius 2 is 2.19 bits per heavy atom. The van der Waals surface area contributed by atoms with E-state index in [1.165, 1.54) is 7.11 Å². The molecule has 0 atom stereocenters. The molecule has 1 rings (SSSR count). The number of carbonyl (C=O) groups excluding carboxylic acids is 1. The molecule has 1 aromatic carbocycles. The van der Waals surface area contributed by atoms with Gasteiger partial charge < -0.3 is 9.84 Å². The van der Waals surface area contributed by atoms with E-state index in [1.54, 1.807) is 24.3 Å². The van der Waals surface area contributed by atoms with Crippen LogP contribution in [0.25, 0.3) is 0 Å². The average molecular weight is 311 g/mol. The molecule has 0 saturated heterocycles. The molecule has 2 N–H and O–H groups in total. The van der Waals surface area contributed by atoms with Crippen molar-refractivity contribution in [1.82, 2.24) is 0 Å². The lowest BCUT2D eigenvalue weighted by molar-refractivity contribution is -0.140. The van der Waals surface area contributed by atoms with Crippen LogP contribution in [0, 0.1) is 11.8 Å². The van der Waals surface area contributed by atoms with Crippen LogP contribution in [0.5, 0.6) is 0 Å². The Balaban J connectivity index is 2.72. The first-order valence-electron chi connectivity index (χ1n) is 6.24. The molecule has 21 heavy (non-hydrogen) atoms. The van der Waals surface area contributed by atoms with Crippen LogP contribution < -0.4 is 4.72 Å². The highest BCUT2D eigenvalue weighted by molar-refractivity contribution is 7.92. The molecule has 0 heterocycles. The molecule has 1 aromatic rings. The monoisotopic (exact) mass is 311 g/mol. The summed E-state index contributed by atoms with van der Waals surface area (Å²) in [5, 5.41) is 8.64. The molecule has 0 bridgehead atoms. The Labute approximate surface area is 124 Å². The van der Waals surface area contributed by atoms with Crippen molar-refractivity contribution in [2.75, 3.05) is 24.2 Å². The summed E-state index contributed by atoms with van der Waals surface area (Å²) in [5.41, 5.74) is 1.01. The molecule has 0 radical (unpaired) electrons. The third kappa shape index (κ3) is 6.79. The normalized spacial score (nSPS) is 10.4. The van der Waals surface area contributed by atoms with Crippen LogP contribution >= 0.6 is 0 Å². The minimum absolute atomic E-state index is 0.0210. The maximum Gasteiger partial charge on any atom is 0.306 e. The first-order valence-corrected chi connectivity index (χ1v) is 7.89. The van der Waals surface area contributed by atoms with Crippen LogP contribution in [0.15, 0.2) is 24.3 Å². The second kappa shape index (κ2) is 8.29. The van der Waals surface area contributed by atoms with Crippen LogP contribution in [0.4, 0.5) is 5.69 Å². The average Bonchev–Trinajstić information content (AvgIpc) is 2.45. The van der Waals surface area contributed by atoms with Gasteiger partial charge in [0.15, 0.2) is 0 Å². The van der Waals surface area contributed by atoms with Crippen molar-refractivity contribution in [3.8, 4) is 11.8 Å².